The summed E-state index contributed by atoms with van der Waals surface area (Å²) in [6.07, 6.45) is 2.84. The Morgan fingerprint density at radius 1 is 1.39 bits per heavy atom. The van der Waals surface area contributed by atoms with E-state index in [2.05, 4.69) is 0 Å². The van der Waals surface area contributed by atoms with Crippen molar-refractivity contribution in [2.75, 3.05) is 19.7 Å². The van der Waals surface area contributed by atoms with Crippen LogP contribution < -0.4 is 0 Å². The molecule has 1 aromatic carbocycles. The molecule has 1 saturated heterocycles. The Kier molecular flexibility index (Phi) is 6.21. The predicted molar refractivity (Wildman–Crippen MR) is 90.3 cm³/mol. The van der Waals surface area contributed by atoms with E-state index in [4.69, 9.17) is 16.3 Å². The van der Waals surface area contributed by atoms with Gasteiger partial charge in [-0.1, -0.05) is 23.7 Å². The first kappa shape index (κ1) is 18.0. The summed E-state index contributed by atoms with van der Waals surface area (Å²) in [5.74, 6) is -0.712. The maximum atomic E-state index is 12.4. The molecule has 1 fully saturated rings. The Hall–Kier alpha value is -1.37. The van der Waals surface area contributed by atoms with Gasteiger partial charge in [-0.3, -0.25) is 4.79 Å². The van der Waals surface area contributed by atoms with Gasteiger partial charge < -0.3 is 4.74 Å². The number of sulfonamides is 1. The minimum atomic E-state index is -3.56. The molecule has 0 saturated carbocycles. The van der Waals surface area contributed by atoms with Crippen molar-refractivity contribution in [1.82, 2.24) is 4.31 Å². The van der Waals surface area contributed by atoms with Crippen molar-refractivity contribution in [2.45, 2.75) is 19.8 Å². The number of esters is 1. The van der Waals surface area contributed by atoms with Crippen molar-refractivity contribution in [1.29, 1.82) is 0 Å². The van der Waals surface area contributed by atoms with Crippen molar-refractivity contribution >= 4 is 33.7 Å². The maximum Gasteiger partial charge on any atom is 0.310 e. The molecule has 0 unspecified atom stereocenters. The molecule has 0 spiro atoms. The smallest absolute Gasteiger partial charge is 0.310 e. The predicted octanol–water partition coefficient (Wildman–Crippen LogP) is 2.92. The highest BCUT2D eigenvalue weighted by Gasteiger charge is 2.31. The zero-order valence-electron chi connectivity index (χ0n) is 12.9. The summed E-state index contributed by atoms with van der Waals surface area (Å²) >= 11 is 5.80. The molecule has 1 aliphatic heterocycles. The molecule has 0 N–H and O–H groups in total. The second kappa shape index (κ2) is 7.95. The Bertz CT molecular complexity index is 670. The summed E-state index contributed by atoms with van der Waals surface area (Å²) in [6.45, 7) is 2.64. The van der Waals surface area contributed by atoms with E-state index in [9.17, 15) is 13.2 Å². The van der Waals surface area contributed by atoms with Crippen molar-refractivity contribution < 1.29 is 17.9 Å². The van der Waals surface area contributed by atoms with Gasteiger partial charge in [0.05, 0.1) is 12.5 Å². The second-order valence-corrected chi connectivity index (χ2v) is 7.60. The number of piperidine rings is 1. The standard InChI is InChI=1S/C16H20ClNO4S/c1-2-22-16(19)14-4-3-10-18(12-14)23(20,21)11-9-13-5-7-15(17)8-6-13/h5-9,11,14H,2-4,10,12H2,1H3/b11-9-/t14-/m1/s1. The van der Waals surface area contributed by atoms with Crippen LogP contribution >= 0.6 is 11.6 Å². The van der Waals surface area contributed by atoms with Crippen LogP contribution in [0.15, 0.2) is 29.7 Å². The molecule has 0 aliphatic carbocycles. The van der Waals surface area contributed by atoms with E-state index in [1.165, 1.54) is 15.8 Å². The van der Waals surface area contributed by atoms with Crippen LogP contribution in [0.2, 0.25) is 5.02 Å². The van der Waals surface area contributed by atoms with Crippen LogP contribution in [0.3, 0.4) is 0 Å². The summed E-state index contributed by atoms with van der Waals surface area (Å²) < 4.78 is 31.2. The SMILES string of the molecule is CCOC(=O)[C@@H]1CCCN(S(=O)(=O)/C=C\c2ccc(Cl)cc2)C1. The number of halogens is 1. The number of hydrogen-bond donors (Lipinski definition) is 0. The summed E-state index contributed by atoms with van der Waals surface area (Å²) in [5.41, 5.74) is 0.747. The van der Waals surface area contributed by atoms with Gasteiger partial charge in [-0.05, 0) is 43.5 Å². The topological polar surface area (TPSA) is 63.7 Å². The summed E-state index contributed by atoms with van der Waals surface area (Å²) in [4.78, 5) is 11.8. The van der Waals surface area contributed by atoms with Gasteiger partial charge in [-0.25, -0.2) is 8.42 Å². The number of carbonyl (C=O) groups excluding carboxylic acids is 1. The molecule has 5 nitrogen and oxygen atoms in total. The van der Waals surface area contributed by atoms with Crippen molar-refractivity contribution in [3.05, 3.63) is 40.3 Å². The van der Waals surface area contributed by atoms with Crippen LogP contribution in [0.1, 0.15) is 25.3 Å². The molecule has 126 valence electrons. The number of benzene rings is 1. The minimum Gasteiger partial charge on any atom is -0.466 e. The van der Waals surface area contributed by atoms with Crippen LogP contribution in [0.25, 0.3) is 6.08 Å². The fraction of sp³-hybridized carbons (Fsp3) is 0.438. The van der Waals surface area contributed by atoms with Gasteiger partial charge in [0.2, 0.25) is 10.0 Å². The highest BCUT2D eigenvalue weighted by atomic mass is 35.5. The molecule has 1 heterocycles. The van der Waals surface area contributed by atoms with Gasteiger partial charge in [0, 0.05) is 23.5 Å². The van der Waals surface area contributed by atoms with E-state index < -0.39 is 10.0 Å². The zero-order chi connectivity index (χ0) is 16.9. The average Bonchev–Trinajstić information content (AvgIpc) is 2.55. The van der Waals surface area contributed by atoms with Crippen LogP contribution in [-0.2, 0) is 19.6 Å². The Balaban J connectivity index is 2.06. The molecular weight excluding hydrogens is 338 g/mol. The fourth-order valence-electron chi connectivity index (χ4n) is 2.45. The Morgan fingerprint density at radius 3 is 2.74 bits per heavy atom. The van der Waals surface area contributed by atoms with Gasteiger partial charge in [0.15, 0.2) is 0 Å². The Morgan fingerprint density at radius 2 is 2.09 bits per heavy atom. The van der Waals surface area contributed by atoms with E-state index >= 15 is 0 Å². The van der Waals surface area contributed by atoms with Gasteiger partial charge in [-0.2, -0.15) is 4.31 Å². The molecule has 0 bridgehead atoms. The lowest BCUT2D eigenvalue weighted by molar-refractivity contribution is -0.149. The molecular formula is C16H20ClNO4S. The third kappa shape index (κ3) is 5.06. The number of ether oxygens (including phenoxy) is 1. The van der Waals surface area contributed by atoms with Crippen molar-refractivity contribution in [2.24, 2.45) is 5.92 Å². The molecule has 1 aliphatic rings. The first-order valence-corrected chi connectivity index (χ1v) is 9.41. The van der Waals surface area contributed by atoms with Gasteiger partial charge in [0.1, 0.15) is 0 Å². The monoisotopic (exact) mass is 357 g/mol. The van der Waals surface area contributed by atoms with Crippen LogP contribution in [0, 0.1) is 5.92 Å². The Labute approximate surface area is 141 Å². The lowest BCUT2D eigenvalue weighted by Gasteiger charge is -2.29. The third-order valence-corrected chi connectivity index (χ3v) is 5.45. The number of nitrogens with zero attached hydrogens (tertiary/aromatic N) is 1. The third-order valence-electron chi connectivity index (χ3n) is 3.67. The molecule has 7 heteroatoms. The normalized spacial score (nSPS) is 19.8. The molecule has 0 amide bonds. The molecule has 0 aromatic heterocycles. The van der Waals surface area contributed by atoms with E-state index in [0.717, 1.165) is 5.56 Å². The number of carbonyl (C=O) groups is 1. The second-order valence-electron chi connectivity index (χ2n) is 5.35. The maximum absolute atomic E-state index is 12.4. The summed E-state index contributed by atoms with van der Waals surface area (Å²) in [7, 11) is -3.56. The lowest BCUT2D eigenvalue weighted by atomic mass is 10.0. The molecule has 2 rings (SSSR count). The van der Waals surface area contributed by atoms with Crippen LogP contribution in [0.5, 0.6) is 0 Å². The van der Waals surface area contributed by atoms with E-state index in [1.54, 1.807) is 31.2 Å². The number of rotatable bonds is 5. The van der Waals surface area contributed by atoms with Crippen LogP contribution in [0.4, 0.5) is 0 Å². The van der Waals surface area contributed by atoms with Gasteiger partial charge in [-0.15, -0.1) is 0 Å². The molecule has 1 atom stereocenters. The minimum absolute atomic E-state index is 0.173. The zero-order valence-corrected chi connectivity index (χ0v) is 14.5. The molecule has 23 heavy (non-hydrogen) atoms. The highest BCUT2D eigenvalue weighted by Crippen LogP contribution is 2.21. The summed E-state index contributed by atoms with van der Waals surface area (Å²) in [6, 6.07) is 6.88. The fourth-order valence-corrected chi connectivity index (χ4v) is 3.85. The van der Waals surface area contributed by atoms with Crippen molar-refractivity contribution in [3.8, 4) is 0 Å². The van der Waals surface area contributed by atoms with E-state index in [0.29, 0.717) is 31.0 Å². The highest BCUT2D eigenvalue weighted by molar-refractivity contribution is 7.92. The first-order chi connectivity index (χ1) is 10.9. The molecule has 0 radical (unpaired) electrons. The quantitative estimate of drug-likeness (QED) is 0.760. The molecule has 1 aromatic rings. The average molecular weight is 358 g/mol. The van der Waals surface area contributed by atoms with E-state index in [-0.39, 0.29) is 18.4 Å². The lowest BCUT2D eigenvalue weighted by Crippen LogP contribution is -2.41. The summed E-state index contributed by atoms with van der Waals surface area (Å²) in [5, 5.41) is 1.77. The van der Waals surface area contributed by atoms with E-state index in [1.807, 2.05) is 0 Å². The largest absolute Gasteiger partial charge is 0.466 e. The van der Waals surface area contributed by atoms with Gasteiger partial charge in [0.25, 0.3) is 0 Å². The van der Waals surface area contributed by atoms with Gasteiger partial charge >= 0.3 is 5.97 Å². The van der Waals surface area contributed by atoms with Crippen molar-refractivity contribution in [3.63, 3.8) is 0 Å². The number of hydrogen-bond acceptors (Lipinski definition) is 4. The van der Waals surface area contributed by atoms with Crippen LogP contribution in [-0.4, -0.2) is 38.4 Å². The first-order valence-electron chi connectivity index (χ1n) is 7.53.